The van der Waals surface area contributed by atoms with Crippen molar-refractivity contribution in [2.45, 2.75) is 38.8 Å². The molecule has 1 aromatic heterocycles. The van der Waals surface area contributed by atoms with Crippen molar-refractivity contribution in [2.24, 2.45) is 0 Å². The smallest absolute Gasteiger partial charge is 0.274 e. The molecule has 24 heavy (non-hydrogen) atoms. The lowest BCUT2D eigenvalue weighted by atomic mass is 10.1. The summed E-state index contributed by atoms with van der Waals surface area (Å²) in [4.78, 5) is 18.9. The third kappa shape index (κ3) is 3.34. The summed E-state index contributed by atoms with van der Waals surface area (Å²) in [5.41, 5.74) is 1.57. The molecule has 0 fully saturated rings. The predicted octanol–water partition coefficient (Wildman–Crippen LogP) is 3.82. The number of benzene rings is 1. The first-order valence-corrected chi connectivity index (χ1v) is 8.94. The second kappa shape index (κ2) is 6.97. The van der Waals surface area contributed by atoms with Crippen LogP contribution in [0.2, 0.25) is 0 Å². The molecule has 2 heterocycles. The normalized spacial score (nSPS) is 16.6. The fourth-order valence-corrected chi connectivity index (χ4v) is 3.73. The zero-order valence-electron chi connectivity index (χ0n) is 14.3. The van der Waals surface area contributed by atoms with Crippen molar-refractivity contribution in [3.8, 4) is 5.75 Å². The topological polar surface area (TPSA) is 47.4 Å². The van der Waals surface area contributed by atoms with E-state index in [1.54, 1.807) is 12.0 Å². The minimum atomic E-state index is -0.0453. The average Bonchev–Trinajstić information content (AvgIpc) is 3.00. The first kappa shape index (κ1) is 17.0. The SMILES string of the molecule is COc1ccc(CN(C)C(=O)c2cn3c(n2)CCCC3C)cc1Br. The van der Waals surface area contributed by atoms with Gasteiger partial charge in [0.2, 0.25) is 0 Å². The largest absolute Gasteiger partial charge is 0.496 e. The van der Waals surface area contributed by atoms with E-state index < -0.39 is 0 Å². The number of hydrogen-bond acceptors (Lipinski definition) is 3. The highest BCUT2D eigenvalue weighted by Crippen LogP contribution is 2.27. The number of nitrogens with zero attached hydrogens (tertiary/aromatic N) is 3. The van der Waals surface area contributed by atoms with Crippen LogP contribution in [-0.4, -0.2) is 34.5 Å². The molecule has 1 unspecified atom stereocenters. The molecule has 2 aromatic rings. The summed E-state index contributed by atoms with van der Waals surface area (Å²) < 4.78 is 8.27. The molecule has 128 valence electrons. The molecule has 1 aliphatic heterocycles. The number of rotatable bonds is 4. The Morgan fingerprint density at radius 2 is 2.29 bits per heavy atom. The van der Waals surface area contributed by atoms with E-state index >= 15 is 0 Å². The van der Waals surface area contributed by atoms with Gasteiger partial charge in [0, 0.05) is 32.3 Å². The maximum Gasteiger partial charge on any atom is 0.274 e. The van der Waals surface area contributed by atoms with Crippen molar-refractivity contribution in [3.63, 3.8) is 0 Å². The maximum absolute atomic E-state index is 12.7. The first-order valence-electron chi connectivity index (χ1n) is 8.15. The summed E-state index contributed by atoms with van der Waals surface area (Å²) in [5, 5.41) is 0. The van der Waals surface area contributed by atoms with Gasteiger partial charge in [0.1, 0.15) is 17.3 Å². The number of carbonyl (C=O) groups excluding carboxylic acids is 1. The van der Waals surface area contributed by atoms with Crippen LogP contribution in [0.25, 0.3) is 0 Å². The summed E-state index contributed by atoms with van der Waals surface area (Å²) in [6.07, 6.45) is 5.14. The molecule has 1 aromatic carbocycles. The number of halogens is 1. The van der Waals surface area contributed by atoms with Gasteiger partial charge in [-0.05, 0) is 53.4 Å². The molecule has 0 N–H and O–H groups in total. The van der Waals surface area contributed by atoms with E-state index in [1.165, 1.54) is 0 Å². The second-order valence-electron chi connectivity index (χ2n) is 6.32. The number of aromatic nitrogens is 2. The molecular weight excluding hydrogens is 370 g/mol. The molecule has 0 bridgehead atoms. The molecular formula is C18H22BrN3O2. The van der Waals surface area contributed by atoms with E-state index in [4.69, 9.17) is 4.74 Å². The lowest BCUT2D eigenvalue weighted by molar-refractivity contribution is 0.0779. The summed E-state index contributed by atoms with van der Waals surface area (Å²) in [6, 6.07) is 6.26. The number of aryl methyl sites for hydroxylation is 1. The Balaban J connectivity index is 1.74. The molecule has 0 radical (unpaired) electrons. The van der Waals surface area contributed by atoms with Crippen LogP contribution in [0.4, 0.5) is 0 Å². The van der Waals surface area contributed by atoms with Gasteiger partial charge in [-0.3, -0.25) is 4.79 Å². The molecule has 0 spiro atoms. The molecule has 1 atom stereocenters. The van der Waals surface area contributed by atoms with Crippen LogP contribution in [0, 0.1) is 0 Å². The lowest BCUT2D eigenvalue weighted by Crippen LogP contribution is -2.26. The number of hydrogen-bond donors (Lipinski definition) is 0. The van der Waals surface area contributed by atoms with E-state index in [9.17, 15) is 4.79 Å². The summed E-state index contributed by atoms with van der Waals surface area (Å²) >= 11 is 3.48. The van der Waals surface area contributed by atoms with Crippen LogP contribution in [0.15, 0.2) is 28.9 Å². The van der Waals surface area contributed by atoms with Crippen LogP contribution < -0.4 is 4.74 Å². The fourth-order valence-electron chi connectivity index (χ4n) is 3.15. The van der Waals surface area contributed by atoms with Gasteiger partial charge < -0.3 is 14.2 Å². The van der Waals surface area contributed by atoms with E-state index in [-0.39, 0.29) is 5.91 Å². The van der Waals surface area contributed by atoms with Crippen LogP contribution in [0.1, 0.15) is 47.7 Å². The van der Waals surface area contributed by atoms with Gasteiger partial charge in [0.05, 0.1) is 11.6 Å². The van der Waals surface area contributed by atoms with E-state index in [0.29, 0.717) is 18.3 Å². The zero-order chi connectivity index (χ0) is 17.3. The third-order valence-corrected chi connectivity index (χ3v) is 5.13. The highest BCUT2D eigenvalue weighted by atomic mass is 79.9. The Labute approximate surface area is 150 Å². The van der Waals surface area contributed by atoms with Crippen molar-refractivity contribution < 1.29 is 9.53 Å². The van der Waals surface area contributed by atoms with E-state index in [2.05, 4.69) is 32.4 Å². The van der Waals surface area contributed by atoms with Gasteiger partial charge >= 0.3 is 0 Å². The number of methoxy groups -OCH3 is 1. The molecule has 0 aliphatic carbocycles. The van der Waals surface area contributed by atoms with Gasteiger partial charge in [-0.15, -0.1) is 0 Å². The Morgan fingerprint density at radius 3 is 2.96 bits per heavy atom. The number of fused-ring (bicyclic) bond motifs is 1. The summed E-state index contributed by atoms with van der Waals surface area (Å²) in [5.74, 6) is 1.76. The molecule has 1 amide bonds. The molecule has 0 saturated heterocycles. The zero-order valence-corrected chi connectivity index (χ0v) is 15.8. The quantitative estimate of drug-likeness (QED) is 0.795. The van der Waals surface area contributed by atoms with Crippen LogP contribution in [0.3, 0.4) is 0 Å². The first-order chi connectivity index (χ1) is 11.5. The Hall–Kier alpha value is -1.82. The molecule has 3 rings (SSSR count). The minimum absolute atomic E-state index is 0.0453. The van der Waals surface area contributed by atoms with E-state index in [1.807, 2.05) is 31.4 Å². The second-order valence-corrected chi connectivity index (χ2v) is 7.18. The summed E-state index contributed by atoms with van der Waals surface area (Å²) in [7, 11) is 3.44. The average molecular weight is 392 g/mol. The maximum atomic E-state index is 12.7. The van der Waals surface area contributed by atoms with Crippen molar-refractivity contribution in [1.29, 1.82) is 0 Å². The number of carbonyl (C=O) groups is 1. The van der Waals surface area contributed by atoms with Gasteiger partial charge in [-0.2, -0.15) is 0 Å². The number of amides is 1. The number of imidazole rings is 1. The number of ether oxygens (including phenoxy) is 1. The monoisotopic (exact) mass is 391 g/mol. The Bertz CT molecular complexity index is 757. The van der Waals surface area contributed by atoms with Gasteiger partial charge in [0.15, 0.2) is 0 Å². The molecule has 6 heteroatoms. The van der Waals surface area contributed by atoms with Gasteiger partial charge in [-0.25, -0.2) is 4.98 Å². The molecule has 5 nitrogen and oxygen atoms in total. The molecule has 1 aliphatic rings. The van der Waals surface area contributed by atoms with Gasteiger partial charge in [0.25, 0.3) is 5.91 Å². The minimum Gasteiger partial charge on any atom is -0.496 e. The third-order valence-electron chi connectivity index (χ3n) is 4.51. The van der Waals surface area contributed by atoms with Crippen molar-refractivity contribution in [2.75, 3.05) is 14.2 Å². The van der Waals surface area contributed by atoms with Crippen molar-refractivity contribution in [1.82, 2.24) is 14.5 Å². The fraction of sp³-hybridized carbons (Fsp3) is 0.444. The van der Waals surface area contributed by atoms with Gasteiger partial charge in [-0.1, -0.05) is 6.07 Å². The highest BCUT2D eigenvalue weighted by Gasteiger charge is 2.22. The van der Waals surface area contributed by atoms with Crippen molar-refractivity contribution in [3.05, 3.63) is 46.0 Å². The van der Waals surface area contributed by atoms with Crippen LogP contribution in [0.5, 0.6) is 5.75 Å². The summed E-state index contributed by atoms with van der Waals surface area (Å²) in [6.45, 7) is 2.70. The van der Waals surface area contributed by atoms with Crippen molar-refractivity contribution >= 4 is 21.8 Å². The van der Waals surface area contributed by atoms with Crippen LogP contribution >= 0.6 is 15.9 Å². The Morgan fingerprint density at radius 1 is 1.50 bits per heavy atom. The predicted molar refractivity (Wildman–Crippen MR) is 96.4 cm³/mol. The lowest BCUT2D eigenvalue weighted by Gasteiger charge is -2.20. The molecule has 0 saturated carbocycles. The highest BCUT2D eigenvalue weighted by molar-refractivity contribution is 9.10. The standard InChI is InChI=1S/C18H22BrN3O2/c1-12-5-4-6-17-20-15(11-22(12)17)18(23)21(2)10-13-7-8-16(24-3)14(19)9-13/h7-9,11-12H,4-6,10H2,1-3H3. The Kier molecular flexibility index (Phi) is 4.94. The van der Waals surface area contributed by atoms with E-state index in [0.717, 1.165) is 40.9 Å². The van der Waals surface area contributed by atoms with Crippen LogP contribution in [-0.2, 0) is 13.0 Å².